The van der Waals surface area contributed by atoms with Crippen molar-refractivity contribution in [1.29, 1.82) is 0 Å². The molecule has 0 aromatic heterocycles. The zero-order valence-electron chi connectivity index (χ0n) is 19.7. The number of carbonyl (C=O) groups excluding carboxylic acids is 1. The van der Waals surface area contributed by atoms with Crippen LogP contribution in [0.5, 0.6) is 0 Å². The summed E-state index contributed by atoms with van der Waals surface area (Å²) < 4.78 is 11.8. The van der Waals surface area contributed by atoms with Gasteiger partial charge in [-0.2, -0.15) is 0 Å². The lowest BCUT2D eigenvalue weighted by molar-refractivity contribution is 0.0527. The fraction of sp³-hybridized carbons (Fsp3) is 0.286. The molecule has 0 bridgehead atoms. The van der Waals surface area contributed by atoms with Crippen LogP contribution in [0, 0.1) is 0 Å². The summed E-state index contributed by atoms with van der Waals surface area (Å²) in [7, 11) is 0. The zero-order valence-corrected chi connectivity index (χ0v) is 19.7. The molecule has 0 N–H and O–H groups in total. The van der Waals surface area contributed by atoms with Crippen molar-refractivity contribution in [3.8, 4) is 22.5 Å². The molecule has 0 saturated heterocycles. The van der Waals surface area contributed by atoms with E-state index in [-0.39, 0.29) is 5.97 Å². The van der Waals surface area contributed by atoms with Crippen molar-refractivity contribution in [1.82, 2.24) is 0 Å². The van der Waals surface area contributed by atoms with Crippen LogP contribution in [-0.4, -0.2) is 32.2 Å². The summed E-state index contributed by atoms with van der Waals surface area (Å²) in [6.07, 6.45) is 0. The van der Waals surface area contributed by atoms with Crippen molar-refractivity contribution in [3.05, 3.63) is 71.6 Å². The molecule has 2 aromatic rings. The smallest absolute Gasteiger partial charge is 0.338 e. The van der Waals surface area contributed by atoms with E-state index in [1.54, 1.807) is 0 Å². The fourth-order valence-electron chi connectivity index (χ4n) is 4.31. The summed E-state index contributed by atoms with van der Waals surface area (Å²) >= 11 is 0. The van der Waals surface area contributed by atoms with E-state index < -0.39 is 0 Å². The second-order valence-electron chi connectivity index (χ2n) is 7.75. The maximum absolute atomic E-state index is 12.8. The van der Waals surface area contributed by atoms with Gasteiger partial charge in [0.25, 0.3) is 0 Å². The maximum Gasteiger partial charge on any atom is 0.338 e. The minimum atomic E-state index is -0.326. The first-order valence-corrected chi connectivity index (χ1v) is 11.6. The molecule has 5 heteroatoms. The molecule has 5 nitrogen and oxygen atoms in total. The Labute approximate surface area is 194 Å². The Hall–Kier alpha value is -3.60. The Morgan fingerprint density at radius 1 is 0.939 bits per heavy atom. The maximum atomic E-state index is 12.8. The van der Waals surface area contributed by atoms with Crippen LogP contribution in [0.3, 0.4) is 0 Å². The van der Waals surface area contributed by atoms with Crippen molar-refractivity contribution in [2.45, 2.75) is 27.7 Å². The molecule has 1 heterocycles. The molecular formula is C28H30N2O3. The molecule has 1 aliphatic carbocycles. The van der Waals surface area contributed by atoms with E-state index in [0.717, 1.165) is 57.6 Å². The number of carbonyl (C=O) groups is 1. The summed E-state index contributed by atoms with van der Waals surface area (Å²) in [6.45, 7) is 11.0. The van der Waals surface area contributed by atoms with Crippen molar-refractivity contribution < 1.29 is 13.9 Å². The van der Waals surface area contributed by atoms with Crippen molar-refractivity contribution in [2.75, 3.05) is 31.1 Å². The minimum absolute atomic E-state index is 0.326. The van der Waals surface area contributed by atoms with Crippen LogP contribution in [0.15, 0.2) is 70.1 Å². The second-order valence-corrected chi connectivity index (χ2v) is 7.75. The van der Waals surface area contributed by atoms with Gasteiger partial charge in [0, 0.05) is 54.0 Å². The van der Waals surface area contributed by atoms with E-state index in [1.165, 1.54) is 0 Å². The predicted octanol–water partition coefficient (Wildman–Crippen LogP) is 6.15. The molecule has 170 valence electrons. The molecule has 0 fully saturated rings. The van der Waals surface area contributed by atoms with E-state index in [2.05, 4.69) is 41.9 Å². The highest BCUT2D eigenvalue weighted by atomic mass is 16.5. The van der Waals surface area contributed by atoms with Gasteiger partial charge in [0.05, 0.1) is 17.5 Å². The van der Waals surface area contributed by atoms with Gasteiger partial charge in [0.1, 0.15) is 11.3 Å². The SMILES string of the molecule is CCN=c1ccc2c(-c3ccccc3C(=O)OCC)c3ccc(N(CC)CC)cc3oc-2c1. The lowest BCUT2D eigenvalue weighted by atomic mass is 9.90. The van der Waals surface area contributed by atoms with Crippen molar-refractivity contribution in [2.24, 2.45) is 4.99 Å². The summed E-state index contributed by atoms with van der Waals surface area (Å²) in [6, 6.07) is 19.9. The van der Waals surface area contributed by atoms with E-state index in [0.29, 0.717) is 18.7 Å². The molecule has 2 aromatic carbocycles. The zero-order chi connectivity index (χ0) is 23.4. The molecule has 0 unspecified atom stereocenters. The number of fused-ring (bicyclic) bond motifs is 2. The molecule has 33 heavy (non-hydrogen) atoms. The number of benzene rings is 3. The van der Waals surface area contributed by atoms with Crippen LogP contribution >= 0.6 is 0 Å². The van der Waals surface area contributed by atoms with Gasteiger partial charge in [-0.15, -0.1) is 0 Å². The third-order valence-corrected chi connectivity index (χ3v) is 5.85. The minimum Gasteiger partial charge on any atom is -0.462 e. The number of nitrogens with zero attached hydrogens (tertiary/aromatic N) is 2. The predicted molar refractivity (Wildman–Crippen MR) is 134 cm³/mol. The number of ether oxygens (including phenoxy) is 1. The molecule has 0 spiro atoms. The van der Waals surface area contributed by atoms with Gasteiger partial charge in [0.2, 0.25) is 0 Å². The molecule has 1 aliphatic heterocycles. The number of hydrogen-bond acceptors (Lipinski definition) is 5. The standard InChI is InChI=1S/C28H30N2O3/c1-5-29-19-13-15-23-25(17-19)33-26-18-20(30(6-2)7-3)14-16-24(26)27(23)21-11-9-10-12-22(21)28(31)32-8-4/h9-18H,5-8H2,1-4H3. The quantitative estimate of drug-likeness (QED) is 0.254. The van der Waals surface area contributed by atoms with Crippen molar-refractivity contribution in [3.63, 3.8) is 0 Å². The average molecular weight is 443 g/mol. The summed E-state index contributed by atoms with van der Waals surface area (Å²) in [5.74, 6) is 0.412. The molecule has 0 atom stereocenters. The monoisotopic (exact) mass is 442 g/mol. The topological polar surface area (TPSA) is 55.0 Å². The summed E-state index contributed by atoms with van der Waals surface area (Å²) in [5.41, 5.74) is 5.15. The first-order chi connectivity index (χ1) is 16.1. The van der Waals surface area contributed by atoms with E-state index >= 15 is 0 Å². The van der Waals surface area contributed by atoms with Crippen LogP contribution in [0.25, 0.3) is 33.4 Å². The Bertz CT molecular complexity index is 1320. The van der Waals surface area contributed by atoms with Gasteiger partial charge in [0.15, 0.2) is 0 Å². The van der Waals surface area contributed by atoms with Crippen LogP contribution in [-0.2, 0) is 4.74 Å². The van der Waals surface area contributed by atoms with Crippen LogP contribution < -0.4 is 10.3 Å². The molecule has 0 radical (unpaired) electrons. The molecule has 0 amide bonds. The Morgan fingerprint density at radius 3 is 2.45 bits per heavy atom. The highest BCUT2D eigenvalue weighted by Gasteiger charge is 2.22. The van der Waals surface area contributed by atoms with Crippen molar-refractivity contribution >= 4 is 22.6 Å². The molecule has 4 rings (SSSR count). The third-order valence-electron chi connectivity index (χ3n) is 5.85. The second kappa shape index (κ2) is 9.90. The number of rotatable bonds is 7. The summed E-state index contributed by atoms with van der Waals surface area (Å²) in [4.78, 5) is 19.6. The van der Waals surface area contributed by atoms with E-state index in [4.69, 9.17) is 9.15 Å². The van der Waals surface area contributed by atoms with Gasteiger partial charge in [-0.3, -0.25) is 4.99 Å². The van der Waals surface area contributed by atoms with Gasteiger partial charge in [-0.05, 0) is 63.6 Å². The third kappa shape index (κ3) is 4.36. The Morgan fingerprint density at radius 2 is 1.73 bits per heavy atom. The van der Waals surface area contributed by atoms with Gasteiger partial charge in [-0.25, -0.2) is 4.79 Å². The van der Waals surface area contributed by atoms with Crippen LogP contribution in [0.2, 0.25) is 0 Å². The lowest BCUT2D eigenvalue weighted by Gasteiger charge is -2.22. The summed E-state index contributed by atoms with van der Waals surface area (Å²) in [5, 5.41) is 1.83. The normalized spacial score (nSPS) is 11.8. The first kappa shape index (κ1) is 22.6. The molecule has 2 aliphatic rings. The van der Waals surface area contributed by atoms with Crippen LogP contribution in [0.1, 0.15) is 38.1 Å². The number of esters is 1. The van der Waals surface area contributed by atoms with Crippen LogP contribution in [0.4, 0.5) is 5.69 Å². The Balaban J connectivity index is 2.08. The largest absolute Gasteiger partial charge is 0.462 e. The fourth-order valence-corrected chi connectivity index (χ4v) is 4.31. The van der Waals surface area contributed by atoms with E-state index in [1.807, 2.05) is 56.3 Å². The van der Waals surface area contributed by atoms with E-state index in [9.17, 15) is 4.79 Å². The lowest BCUT2D eigenvalue weighted by Crippen LogP contribution is -2.21. The number of anilines is 1. The Kier molecular flexibility index (Phi) is 6.78. The highest BCUT2D eigenvalue weighted by molar-refractivity contribution is 6.08. The first-order valence-electron chi connectivity index (χ1n) is 11.6. The van der Waals surface area contributed by atoms with Gasteiger partial charge >= 0.3 is 5.97 Å². The number of hydrogen-bond donors (Lipinski definition) is 0. The highest BCUT2D eigenvalue weighted by Crippen LogP contribution is 2.42. The average Bonchev–Trinajstić information content (AvgIpc) is 2.83. The molecule has 0 saturated carbocycles. The van der Waals surface area contributed by atoms with Gasteiger partial charge in [-0.1, -0.05) is 18.2 Å². The molecular weight excluding hydrogens is 412 g/mol. The van der Waals surface area contributed by atoms with Gasteiger partial charge < -0.3 is 14.1 Å².